The first-order valence-corrected chi connectivity index (χ1v) is 7.97. The molecule has 0 aromatic carbocycles. The van der Waals surface area contributed by atoms with Crippen LogP contribution in [0.25, 0.3) is 11.2 Å². The molecule has 2 aromatic rings. The fourth-order valence-electron chi connectivity index (χ4n) is 3.33. The van der Waals surface area contributed by atoms with Crippen molar-refractivity contribution in [3.8, 4) is 0 Å². The summed E-state index contributed by atoms with van der Waals surface area (Å²) in [5.41, 5.74) is 1.81. The highest BCUT2D eigenvalue weighted by molar-refractivity contribution is 5.83. The molecule has 4 heterocycles. The van der Waals surface area contributed by atoms with Crippen molar-refractivity contribution in [2.45, 2.75) is 44.8 Å². The summed E-state index contributed by atoms with van der Waals surface area (Å²) in [6.07, 6.45) is 10.8. The van der Waals surface area contributed by atoms with Crippen LogP contribution in [0.3, 0.4) is 0 Å². The first-order chi connectivity index (χ1) is 10.4. The van der Waals surface area contributed by atoms with Gasteiger partial charge in [0.15, 0.2) is 17.0 Å². The van der Waals surface area contributed by atoms with Crippen LogP contribution < -0.4 is 4.90 Å². The van der Waals surface area contributed by atoms with E-state index in [9.17, 15) is 0 Å². The summed E-state index contributed by atoms with van der Waals surface area (Å²) in [4.78, 5) is 15.9. The van der Waals surface area contributed by atoms with Gasteiger partial charge >= 0.3 is 0 Å². The van der Waals surface area contributed by atoms with Crippen LogP contribution in [0.15, 0.2) is 12.7 Å². The molecule has 21 heavy (non-hydrogen) atoms. The van der Waals surface area contributed by atoms with Gasteiger partial charge in [-0.3, -0.25) is 4.57 Å². The van der Waals surface area contributed by atoms with E-state index in [0.29, 0.717) is 0 Å². The summed E-state index contributed by atoms with van der Waals surface area (Å²) < 4.78 is 7.94. The fourth-order valence-corrected chi connectivity index (χ4v) is 3.33. The molecule has 0 bridgehead atoms. The van der Waals surface area contributed by atoms with Gasteiger partial charge in [0.05, 0.1) is 6.33 Å². The Kier molecular flexibility index (Phi) is 3.47. The average Bonchev–Trinajstić information content (AvgIpc) is 3.00. The second kappa shape index (κ2) is 5.60. The first-order valence-electron chi connectivity index (χ1n) is 7.97. The van der Waals surface area contributed by atoms with Gasteiger partial charge in [0, 0.05) is 19.7 Å². The zero-order valence-corrected chi connectivity index (χ0v) is 12.2. The lowest BCUT2D eigenvalue weighted by Gasteiger charge is -2.27. The number of aromatic nitrogens is 4. The lowest BCUT2D eigenvalue weighted by molar-refractivity contribution is -0.0298. The number of hydrogen-bond donors (Lipinski definition) is 0. The summed E-state index contributed by atoms with van der Waals surface area (Å²) in [6.45, 7) is 2.96. The van der Waals surface area contributed by atoms with Crippen LogP contribution in [0.4, 0.5) is 5.82 Å². The molecule has 112 valence electrons. The molecule has 6 heteroatoms. The number of hydrogen-bond acceptors (Lipinski definition) is 5. The third-order valence-electron chi connectivity index (χ3n) is 4.46. The topological polar surface area (TPSA) is 56.1 Å². The average molecular weight is 287 g/mol. The van der Waals surface area contributed by atoms with E-state index in [-0.39, 0.29) is 6.23 Å². The van der Waals surface area contributed by atoms with Crippen molar-refractivity contribution in [1.82, 2.24) is 19.5 Å². The third kappa shape index (κ3) is 2.37. The van der Waals surface area contributed by atoms with Gasteiger partial charge in [-0.2, -0.15) is 0 Å². The zero-order chi connectivity index (χ0) is 14.1. The first kappa shape index (κ1) is 13.0. The van der Waals surface area contributed by atoms with Gasteiger partial charge in [-0.05, 0) is 38.5 Å². The van der Waals surface area contributed by atoms with E-state index in [0.717, 1.165) is 49.5 Å². The summed E-state index contributed by atoms with van der Waals surface area (Å²) in [7, 11) is 0. The smallest absolute Gasteiger partial charge is 0.167 e. The predicted octanol–water partition coefficient (Wildman–Crippen LogP) is 2.52. The Hall–Kier alpha value is -1.69. The molecule has 2 aliphatic rings. The van der Waals surface area contributed by atoms with Gasteiger partial charge in [0.1, 0.15) is 12.6 Å². The normalized spacial score (nSPS) is 23.6. The molecule has 2 fully saturated rings. The fraction of sp³-hybridized carbons (Fsp3) is 0.667. The zero-order valence-electron chi connectivity index (χ0n) is 12.2. The maximum atomic E-state index is 5.86. The number of rotatable bonds is 2. The molecular formula is C15H21N5O. The number of anilines is 1. The Morgan fingerprint density at radius 3 is 2.71 bits per heavy atom. The number of nitrogens with zero attached hydrogens (tertiary/aromatic N) is 5. The van der Waals surface area contributed by atoms with Crippen LogP contribution in [0, 0.1) is 0 Å². The number of ether oxygens (including phenoxy) is 1. The van der Waals surface area contributed by atoms with Crippen molar-refractivity contribution >= 4 is 17.0 Å². The van der Waals surface area contributed by atoms with Gasteiger partial charge in [-0.1, -0.05) is 0 Å². The molecule has 0 spiro atoms. The minimum absolute atomic E-state index is 0.0767. The van der Waals surface area contributed by atoms with Gasteiger partial charge in [-0.25, -0.2) is 15.0 Å². The number of piperidine rings is 1. The Balaban J connectivity index is 1.71. The van der Waals surface area contributed by atoms with E-state index >= 15 is 0 Å². The van der Waals surface area contributed by atoms with Crippen molar-refractivity contribution in [3.05, 3.63) is 12.7 Å². The van der Waals surface area contributed by atoms with Gasteiger partial charge in [-0.15, -0.1) is 0 Å². The van der Waals surface area contributed by atoms with Crippen LogP contribution in [-0.2, 0) is 4.74 Å². The van der Waals surface area contributed by atoms with Crippen molar-refractivity contribution < 1.29 is 4.74 Å². The van der Waals surface area contributed by atoms with E-state index in [4.69, 9.17) is 4.74 Å². The van der Waals surface area contributed by atoms with E-state index in [1.807, 2.05) is 6.33 Å². The van der Waals surface area contributed by atoms with Crippen LogP contribution in [-0.4, -0.2) is 39.2 Å². The molecule has 0 N–H and O–H groups in total. The second-order valence-electron chi connectivity index (χ2n) is 5.89. The lowest BCUT2D eigenvalue weighted by Crippen LogP contribution is -2.30. The summed E-state index contributed by atoms with van der Waals surface area (Å²) in [5, 5.41) is 0. The Morgan fingerprint density at radius 2 is 1.90 bits per heavy atom. The molecule has 1 atom stereocenters. The molecule has 2 aromatic heterocycles. The minimum Gasteiger partial charge on any atom is -0.358 e. The van der Waals surface area contributed by atoms with Crippen LogP contribution in [0.1, 0.15) is 44.8 Å². The van der Waals surface area contributed by atoms with Crippen LogP contribution in [0.2, 0.25) is 0 Å². The number of imidazole rings is 1. The minimum atomic E-state index is 0.0767. The van der Waals surface area contributed by atoms with Gasteiger partial charge in [0.2, 0.25) is 0 Å². The largest absolute Gasteiger partial charge is 0.358 e. The van der Waals surface area contributed by atoms with E-state index in [2.05, 4.69) is 24.4 Å². The monoisotopic (exact) mass is 287 g/mol. The quantitative estimate of drug-likeness (QED) is 0.849. The second-order valence-corrected chi connectivity index (χ2v) is 5.89. The van der Waals surface area contributed by atoms with E-state index < -0.39 is 0 Å². The molecule has 2 aliphatic heterocycles. The molecule has 6 nitrogen and oxygen atoms in total. The molecular weight excluding hydrogens is 266 g/mol. The molecule has 2 saturated heterocycles. The van der Waals surface area contributed by atoms with E-state index in [1.54, 1.807) is 6.33 Å². The van der Waals surface area contributed by atoms with Gasteiger partial charge < -0.3 is 9.64 Å². The van der Waals surface area contributed by atoms with Crippen molar-refractivity contribution in [3.63, 3.8) is 0 Å². The standard InChI is InChI=1S/C15H21N5O/c1-3-7-19(8-4-1)14-13-15(17-10-16-14)20(11-18-13)12-6-2-5-9-21-12/h10-12H,1-9H2. The maximum Gasteiger partial charge on any atom is 0.167 e. The van der Waals surface area contributed by atoms with Crippen LogP contribution in [0.5, 0.6) is 0 Å². The SMILES string of the molecule is c1nc(N2CCCCC2)c2ncn(C3CCCCO3)c2n1. The number of fused-ring (bicyclic) bond motifs is 1. The van der Waals surface area contributed by atoms with Crippen LogP contribution >= 0.6 is 0 Å². The van der Waals surface area contributed by atoms with Crippen molar-refractivity contribution in [2.24, 2.45) is 0 Å². The highest BCUT2D eigenvalue weighted by atomic mass is 16.5. The molecule has 1 unspecified atom stereocenters. The molecule has 0 radical (unpaired) electrons. The predicted molar refractivity (Wildman–Crippen MR) is 80.2 cm³/mol. The summed E-state index contributed by atoms with van der Waals surface area (Å²) in [5.74, 6) is 0.981. The molecule has 0 aliphatic carbocycles. The molecule has 0 saturated carbocycles. The third-order valence-corrected chi connectivity index (χ3v) is 4.46. The van der Waals surface area contributed by atoms with Crippen molar-refractivity contribution in [2.75, 3.05) is 24.6 Å². The Morgan fingerprint density at radius 1 is 1.00 bits per heavy atom. The molecule has 0 amide bonds. The van der Waals surface area contributed by atoms with E-state index in [1.165, 1.54) is 25.7 Å². The summed E-state index contributed by atoms with van der Waals surface area (Å²) >= 11 is 0. The maximum absolute atomic E-state index is 5.86. The summed E-state index contributed by atoms with van der Waals surface area (Å²) in [6, 6.07) is 0. The highest BCUT2D eigenvalue weighted by Gasteiger charge is 2.22. The molecule has 4 rings (SSSR count). The van der Waals surface area contributed by atoms with Gasteiger partial charge in [0.25, 0.3) is 0 Å². The Labute approximate surface area is 124 Å². The Bertz CT molecular complexity index is 614. The van der Waals surface area contributed by atoms with Crippen molar-refractivity contribution in [1.29, 1.82) is 0 Å². The lowest BCUT2D eigenvalue weighted by atomic mass is 10.1. The highest BCUT2D eigenvalue weighted by Crippen LogP contribution is 2.29.